The number of carbonyl (C=O) groups is 1. The summed E-state index contributed by atoms with van der Waals surface area (Å²) in [6, 6.07) is 10.3. The smallest absolute Gasteiger partial charge is 0.271 e. The monoisotopic (exact) mass is 431 g/mol. The van der Waals surface area contributed by atoms with E-state index in [-0.39, 0.29) is 17.3 Å². The highest BCUT2D eigenvalue weighted by molar-refractivity contribution is 7.89. The Morgan fingerprint density at radius 3 is 2.76 bits per heavy atom. The minimum absolute atomic E-state index is 0.218. The molecule has 0 aliphatic carbocycles. The van der Waals surface area contributed by atoms with Crippen molar-refractivity contribution in [3.05, 3.63) is 59.3 Å². The summed E-state index contributed by atoms with van der Waals surface area (Å²) in [6.45, 7) is 1.34. The number of benzene rings is 1. The van der Waals surface area contributed by atoms with Crippen molar-refractivity contribution in [3.8, 4) is 10.8 Å². The normalized spacial score (nSPS) is 15.3. The fraction of sp³-hybridized carbons (Fsp3) is 0.300. The van der Waals surface area contributed by atoms with Crippen LogP contribution in [0.1, 0.15) is 35.3 Å². The van der Waals surface area contributed by atoms with Gasteiger partial charge in [-0.1, -0.05) is 18.6 Å². The molecule has 9 heteroatoms. The predicted octanol–water partition coefficient (Wildman–Crippen LogP) is 3.51. The van der Waals surface area contributed by atoms with Crippen LogP contribution in [0.4, 0.5) is 0 Å². The molecule has 3 aromatic rings. The van der Waals surface area contributed by atoms with Crippen LogP contribution in [0.3, 0.4) is 0 Å². The van der Waals surface area contributed by atoms with E-state index in [4.69, 9.17) is 4.42 Å². The molecule has 29 heavy (non-hydrogen) atoms. The van der Waals surface area contributed by atoms with E-state index in [1.165, 1.54) is 11.3 Å². The van der Waals surface area contributed by atoms with Gasteiger partial charge in [0.1, 0.15) is 5.69 Å². The Morgan fingerprint density at radius 1 is 1.17 bits per heavy atom. The Kier molecular flexibility index (Phi) is 5.79. The molecule has 2 aromatic heterocycles. The van der Waals surface area contributed by atoms with E-state index in [2.05, 4.69) is 10.3 Å². The van der Waals surface area contributed by atoms with Gasteiger partial charge in [0, 0.05) is 25.0 Å². The summed E-state index contributed by atoms with van der Waals surface area (Å²) in [5.41, 5.74) is 1.02. The number of carbonyl (C=O) groups excluding carboxylic acids is 1. The van der Waals surface area contributed by atoms with Gasteiger partial charge in [0.15, 0.2) is 10.8 Å². The van der Waals surface area contributed by atoms with Gasteiger partial charge in [-0.15, -0.1) is 11.3 Å². The van der Waals surface area contributed by atoms with E-state index in [1.807, 2.05) is 0 Å². The maximum Gasteiger partial charge on any atom is 0.271 e. The lowest BCUT2D eigenvalue weighted by atomic mass is 10.2. The molecule has 0 spiro atoms. The van der Waals surface area contributed by atoms with Crippen LogP contribution in [0.15, 0.2) is 57.4 Å². The predicted molar refractivity (Wildman–Crippen MR) is 110 cm³/mol. The van der Waals surface area contributed by atoms with Gasteiger partial charge in [-0.2, -0.15) is 4.31 Å². The van der Waals surface area contributed by atoms with E-state index < -0.39 is 10.0 Å². The van der Waals surface area contributed by atoms with Crippen molar-refractivity contribution in [2.75, 3.05) is 13.1 Å². The first-order valence-electron chi connectivity index (χ1n) is 9.41. The lowest BCUT2D eigenvalue weighted by Gasteiger charge is -2.26. The number of aromatic nitrogens is 1. The summed E-state index contributed by atoms with van der Waals surface area (Å²) in [5.74, 6) is 0.299. The van der Waals surface area contributed by atoms with Crippen molar-refractivity contribution < 1.29 is 17.6 Å². The largest absolute Gasteiger partial charge is 0.462 e. The Bertz CT molecular complexity index is 1080. The van der Waals surface area contributed by atoms with Gasteiger partial charge in [-0.3, -0.25) is 4.79 Å². The van der Waals surface area contributed by atoms with Gasteiger partial charge in [-0.05, 0) is 42.7 Å². The van der Waals surface area contributed by atoms with E-state index in [1.54, 1.807) is 52.3 Å². The minimum Gasteiger partial charge on any atom is -0.462 e. The summed E-state index contributed by atoms with van der Waals surface area (Å²) in [5, 5.41) is 5.10. The van der Waals surface area contributed by atoms with Gasteiger partial charge >= 0.3 is 0 Å². The van der Waals surface area contributed by atoms with Crippen LogP contribution in [-0.2, 0) is 16.6 Å². The number of thiazole rings is 1. The second kappa shape index (κ2) is 8.48. The molecule has 1 N–H and O–H groups in total. The van der Waals surface area contributed by atoms with E-state index in [0.717, 1.165) is 24.8 Å². The van der Waals surface area contributed by atoms with Crippen LogP contribution in [0.25, 0.3) is 10.8 Å². The molecule has 1 fully saturated rings. The van der Waals surface area contributed by atoms with Gasteiger partial charge < -0.3 is 9.73 Å². The van der Waals surface area contributed by atoms with Gasteiger partial charge in [-0.25, -0.2) is 13.4 Å². The number of piperidine rings is 1. The number of nitrogens with one attached hydrogen (secondary N) is 1. The maximum absolute atomic E-state index is 12.8. The van der Waals surface area contributed by atoms with Crippen molar-refractivity contribution in [2.24, 2.45) is 0 Å². The van der Waals surface area contributed by atoms with Crippen molar-refractivity contribution in [1.82, 2.24) is 14.6 Å². The molecular weight excluding hydrogens is 410 g/mol. The van der Waals surface area contributed by atoms with Crippen LogP contribution < -0.4 is 5.32 Å². The molecule has 1 aliphatic heterocycles. The first-order valence-corrected chi connectivity index (χ1v) is 11.7. The SMILES string of the molecule is O=C(NCc1cccc(S(=O)(=O)N2CCCCC2)c1)c1csc(-c2ccco2)n1. The quantitative estimate of drug-likeness (QED) is 0.645. The molecule has 1 aromatic carbocycles. The number of amides is 1. The Balaban J connectivity index is 1.42. The zero-order valence-electron chi connectivity index (χ0n) is 15.7. The second-order valence-corrected chi connectivity index (χ2v) is 9.61. The fourth-order valence-corrected chi connectivity index (χ4v) is 5.59. The summed E-state index contributed by atoms with van der Waals surface area (Å²) in [6.07, 6.45) is 4.41. The first-order chi connectivity index (χ1) is 14.0. The number of rotatable bonds is 6. The van der Waals surface area contributed by atoms with Crippen LogP contribution in [0.5, 0.6) is 0 Å². The molecule has 7 nitrogen and oxygen atoms in total. The highest BCUT2D eigenvalue weighted by Gasteiger charge is 2.26. The molecule has 152 valence electrons. The topological polar surface area (TPSA) is 92.5 Å². The third-order valence-corrected chi connectivity index (χ3v) is 7.52. The average molecular weight is 432 g/mol. The van der Waals surface area contributed by atoms with Crippen molar-refractivity contribution >= 4 is 27.3 Å². The summed E-state index contributed by atoms with van der Waals surface area (Å²) < 4.78 is 32.5. The lowest BCUT2D eigenvalue weighted by molar-refractivity contribution is 0.0946. The third-order valence-electron chi connectivity index (χ3n) is 4.77. The number of nitrogens with zero attached hydrogens (tertiary/aromatic N) is 2. The van der Waals surface area contributed by atoms with Crippen LogP contribution >= 0.6 is 11.3 Å². The van der Waals surface area contributed by atoms with Crippen LogP contribution in [-0.4, -0.2) is 36.7 Å². The average Bonchev–Trinajstić information content (AvgIpc) is 3.45. The molecule has 0 saturated carbocycles. The molecule has 1 aliphatic rings. The molecular formula is C20H21N3O4S2. The van der Waals surface area contributed by atoms with E-state index >= 15 is 0 Å². The third kappa shape index (κ3) is 4.42. The lowest BCUT2D eigenvalue weighted by Crippen LogP contribution is -2.35. The fourth-order valence-electron chi connectivity index (χ4n) is 3.23. The molecule has 0 bridgehead atoms. The van der Waals surface area contributed by atoms with Crippen molar-refractivity contribution in [3.63, 3.8) is 0 Å². The molecule has 1 amide bonds. The summed E-state index contributed by atoms with van der Waals surface area (Å²) in [4.78, 5) is 17.0. The molecule has 0 atom stereocenters. The Hall–Kier alpha value is -2.49. The summed E-state index contributed by atoms with van der Waals surface area (Å²) in [7, 11) is -3.50. The molecule has 4 rings (SSSR count). The van der Waals surface area contributed by atoms with Crippen LogP contribution in [0, 0.1) is 0 Å². The zero-order valence-corrected chi connectivity index (χ0v) is 17.3. The highest BCUT2D eigenvalue weighted by Crippen LogP contribution is 2.24. The molecule has 3 heterocycles. The minimum atomic E-state index is -3.50. The number of furan rings is 1. The Labute approximate surface area is 173 Å². The van der Waals surface area contributed by atoms with Gasteiger partial charge in [0.2, 0.25) is 10.0 Å². The number of hydrogen-bond donors (Lipinski definition) is 1. The first kappa shape index (κ1) is 19.8. The second-order valence-electron chi connectivity index (χ2n) is 6.81. The van der Waals surface area contributed by atoms with Crippen molar-refractivity contribution in [2.45, 2.75) is 30.7 Å². The standard InChI is InChI=1S/C20H21N3O4S2/c24-19(17-14-28-20(22-17)18-8-5-11-27-18)21-13-15-6-4-7-16(12-15)29(25,26)23-9-2-1-3-10-23/h4-8,11-12,14H,1-3,9-10,13H2,(H,21,24). The van der Waals surface area contributed by atoms with E-state index in [9.17, 15) is 13.2 Å². The van der Waals surface area contributed by atoms with Gasteiger partial charge in [0.25, 0.3) is 5.91 Å². The highest BCUT2D eigenvalue weighted by atomic mass is 32.2. The van der Waals surface area contributed by atoms with Crippen LogP contribution in [0.2, 0.25) is 0 Å². The molecule has 0 unspecified atom stereocenters. The number of sulfonamides is 1. The molecule has 0 radical (unpaired) electrons. The molecule has 1 saturated heterocycles. The van der Waals surface area contributed by atoms with Gasteiger partial charge in [0.05, 0.1) is 11.2 Å². The Morgan fingerprint density at radius 2 is 2.00 bits per heavy atom. The summed E-state index contributed by atoms with van der Waals surface area (Å²) >= 11 is 1.33. The zero-order chi connectivity index (χ0) is 20.3. The van der Waals surface area contributed by atoms with E-state index in [0.29, 0.717) is 29.6 Å². The van der Waals surface area contributed by atoms with Crippen molar-refractivity contribution in [1.29, 1.82) is 0 Å². The maximum atomic E-state index is 12.8. The number of hydrogen-bond acceptors (Lipinski definition) is 6.